The topological polar surface area (TPSA) is 110 Å². The van der Waals surface area contributed by atoms with Crippen LogP contribution in [0.2, 0.25) is 0 Å². The van der Waals surface area contributed by atoms with Gasteiger partial charge in [-0.05, 0) is 13.0 Å². The largest absolute Gasteiger partial charge is 0.384 e. The molecule has 0 spiro atoms. The first-order valence-corrected chi connectivity index (χ1v) is 9.66. The molecular formula is C22H20N6O2. The Hall–Kier alpha value is -3.78. The summed E-state index contributed by atoms with van der Waals surface area (Å²) in [7, 11) is 0. The van der Waals surface area contributed by atoms with Crippen molar-refractivity contribution in [2.24, 2.45) is 0 Å². The van der Waals surface area contributed by atoms with Crippen LogP contribution in [0, 0.1) is 0 Å². The van der Waals surface area contributed by atoms with Gasteiger partial charge in [-0.25, -0.2) is 4.98 Å². The van der Waals surface area contributed by atoms with Gasteiger partial charge in [0.2, 0.25) is 0 Å². The molecule has 4 aromatic rings. The van der Waals surface area contributed by atoms with Crippen LogP contribution in [0.5, 0.6) is 0 Å². The minimum absolute atomic E-state index is 0.315. The Labute approximate surface area is 172 Å². The van der Waals surface area contributed by atoms with Crippen LogP contribution in [0.1, 0.15) is 18.2 Å². The number of nitrogens with two attached hydrogens (primary N) is 1. The minimum Gasteiger partial charge on any atom is -0.384 e. The van der Waals surface area contributed by atoms with E-state index in [1.54, 1.807) is 21.8 Å². The molecule has 1 aliphatic rings. The molecule has 1 amide bonds. The van der Waals surface area contributed by atoms with E-state index in [2.05, 4.69) is 10.1 Å². The Kier molecular flexibility index (Phi) is 4.22. The lowest BCUT2D eigenvalue weighted by Gasteiger charge is -2.16. The average Bonchev–Trinajstić information content (AvgIpc) is 3.39. The first-order chi connectivity index (χ1) is 14.5. The summed E-state index contributed by atoms with van der Waals surface area (Å²) in [5, 5.41) is 14.0. The van der Waals surface area contributed by atoms with Crippen molar-refractivity contribution in [3.63, 3.8) is 0 Å². The van der Waals surface area contributed by atoms with Crippen LogP contribution >= 0.6 is 0 Å². The second-order valence-electron chi connectivity index (χ2n) is 7.38. The predicted molar refractivity (Wildman–Crippen MR) is 112 cm³/mol. The summed E-state index contributed by atoms with van der Waals surface area (Å²) in [5.74, 6) is 0.113. The smallest absolute Gasteiger partial charge is 0.251 e. The highest BCUT2D eigenvalue weighted by Crippen LogP contribution is 2.32. The van der Waals surface area contributed by atoms with E-state index in [4.69, 9.17) is 10.7 Å². The molecule has 3 N–H and O–H groups in total. The standard InChI is InChI=1S/C22H20N6O2/c1-13(29)22(30)27-11-17-19(12-27)26-21-16(10-25-28(21)20(17)23)15-7-8-18(24-9-15)14-5-3-2-4-6-14/h2-10,13,29H,11-12,23H2,1H3. The van der Waals surface area contributed by atoms with Crippen LogP contribution in [0.3, 0.4) is 0 Å². The van der Waals surface area contributed by atoms with Gasteiger partial charge in [0, 0.05) is 28.5 Å². The maximum Gasteiger partial charge on any atom is 0.251 e. The summed E-state index contributed by atoms with van der Waals surface area (Å²) in [4.78, 5) is 23.0. The lowest BCUT2D eigenvalue weighted by molar-refractivity contribution is -0.139. The van der Waals surface area contributed by atoms with Crippen molar-refractivity contribution in [2.75, 3.05) is 5.73 Å². The van der Waals surface area contributed by atoms with Crippen molar-refractivity contribution in [1.82, 2.24) is 24.5 Å². The number of hydrogen-bond acceptors (Lipinski definition) is 6. The van der Waals surface area contributed by atoms with E-state index in [1.165, 1.54) is 6.92 Å². The van der Waals surface area contributed by atoms with Crippen LogP contribution in [-0.4, -0.2) is 41.6 Å². The van der Waals surface area contributed by atoms with Crippen LogP contribution in [0.25, 0.3) is 28.0 Å². The van der Waals surface area contributed by atoms with Gasteiger partial charge in [-0.1, -0.05) is 36.4 Å². The van der Waals surface area contributed by atoms with Gasteiger partial charge >= 0.3 is 0 Å². The van der Waals surface area contributed by atoms with Gasteiger partial charge in [0.1, 0.15) is 11.9 Å². The van der Waals surface area contributed by atoms with E-state index in [9.17, 15) is 9.90 Å². The summed E-state index contributed by atoms with van der Waals surface area (Å²) < 4.78 is 1.59. The summed E-state index contributed by atoms with van der Waals surface area (Å²) in [5.41, 5.74) is 12.1. The Morgan fingerprint density at radius 3 is 2.60 bits per heavy atom. The number of rotatable bonds is 3. The summed E-state index contributed by atoms with van der Waals surface area (Å²) in [6.07, 6.45) is 2.47. The zero-order chi connectivity index (χ0) is 20.8. The first-order valence-electron chi connectivity index (χ1n) is 9.66. The van der Waals surface area contributed by atoms with Crippen LogP contribution in [-0.2, 0) is 17.9 Å². The Bertz CT molecular complexity index is 1250. The third-order valence-corrected chi connectivity index (χ3v) is 5.37. The molecule has 1 unspecified atom stereocenters. The Morgan fingerprint density at radius 2 is 1.90 bits per heavy atom. The van der Waals surface area contributed by atoms with Crippen molar-refractivity contribution in [1.29, 1.82) is 0 Å². The molecule has 5 rings (SSSR count). The number of aromatic nitrogens is 4. The normalized spacial score (nSPS) is 14.1. The number of anilines is 1. The third-order valence-electron chi connectivity index (χ3n) is 5.37. The van der Waals surface area contributed by atoms with E-state index < -0.39 is 6.10 Å². The molecule has 0 saturated carbocycles. The number of carbonyl (C=O) groups is 1. The molecule has 3 aromatic heterocycles. The van der Waals surface area contributed by atoms with Crippen molar-refractivity contribution in [3.05, 3.63) is 66.1 Å². The molecule has 1 aromatic carbocycles. The molecule has 1 aliphatic heterocycles. The SMILES string of the molecule is CC(O)C(=O)N1Cc2nc3c(-c4ccc(-c5ccccc5)nc4)cnn3c(N)c2C1. The number of nitrogens with zero attached hydrogens (tertiary/aromatic N) is 5. The molecular weight excluding hydrogens is 380 g/mol. The van der Waals surface area contributed by atoms with Crippen LogP contribution < -0.4 is 5.73 Å². The number of nitrogen functional groups attached to an aromatic ring is 1. The van der Waals surface area contributed by atoms with Gasteiger partial charge in [-0.2, -0.15) is 9.61 Å². The third kappa shape index (κ3) is 2.89. The maximum absolute atomic E-state index is 12.2. The molecule has 8 nitrogen and oxygen atoms in total. The maximum atomic E-state index is 12.2. The molecule has 8 heteroatoms. The number of hydrogen-bond donors (Lipinski definition) is 2. The van der Waals surface area contributed by atoms with Gasteiger partial charge in [0.05, 0.1) is 30.7 Å². The van der Waals surface area contributed by atoms with Crippen LogP contribution in [0.15, 0.2) is 54.9 Å². The summed E-state index contributed by atoms with van der Waals surface area (Å²) in [6.45, 7) is 2.09. The number of aliphatic hydroxyl groups is 1. The molecule has 30 heavy (non-hydrogen) atoms. The van der Waals surface area contributed by atoms with E-state index in [-0.39, 0.29) is 5.91 Å². The fourth-order valence-corrected chi connectivity index (χ4v) is 3.78. The molecule has 0 radical (unpaired) electrons. The second-order valence-corrected chi connectivity index (χ2v) is 7.38. The van der Waals surface area contributed by atoms with Gasteiger partial charge < -0.3 is 15.7 Å². The lowest BCUT2D eigenvalue weighted by atomic mass is 10.1. The van der Waals surface area contributed by atoms with Crippen LogP contribution in [0.4, 0.5) is 5.82 Å². The molecule has 4 heterocycles. The fourth-order valence-electron chi connectivity index (χ4n) is 3.78. The van der Waals surface area contributed by atoms with E-state index in [1.807, 2.05) is 42.5 Å². The van der Waals surface area contributed by atoms with Crippen molar-refractivity contribution >= 4 is 17.4 Å². The Morgan fingerprint density at radius 1 is 1.10 bits per heavy atom. The number of aliphatic hydroxyl groups excluding tert-OH is 1. The van der Waals surface area contributed by atoms with Gasteiger partial charge in [-0.15, -0.1) is 0 Å². The highest BCUT2D eigenvalue weighted by atomic mass is 16.3. The second kappa shape index (κ2) is 6.93. The van der Waals surface area contributed by atoms with Crippen molar-refractivity contribution in [2.45, 2.75) is 26.1 Å². The zero-order valence-electron chi connectivity index (χ0n) is 16.4. The van der Waals surface area contributed by atoms with E-state index >= 15 is 0 Å². The highest BCUT2D eigenvalue weighted by Gasteiger charge is 2.30. The zero-order valence-corrected chi connectivity index (χ0v) is 16.4. The quantitative estimate of drug-likeness (QED) is 0.546. The minimum atomic E-state index is -1.06. The molecule has 150 valence electrons. The first kappa shape index (κ1) is 18.3. The number of fused-ring (bicyclic) bond motifs is 2. The van der Waals surface area contributed by atoms with E-state index in [0.717, 1.165) is 33.6 Å². The number of amides is 1. The van der Waals surface area contributed by atoms with Crippen molar-refractivity contribution in [3.8, 4) is 22.4 Å². The number of benzene rings is 1. The lowest BCUT2D eigenvalue weighted by Crippen LogP contribution is -2.33. The molecule has 1 atom stereocenters. The highest BCUT2D eigenvalue weighted by molar-refractivity contribution is 5.82. The molecule has 0 saturated heterocycles. The average molecular weight is 400 g/mol. The van der Waals surface area contributed by atoms with Gasteiger partial charge in [-0.3, -0.25) is 9.78 Å². The monoisotopic (exact) mass is 400 g/mol. The molecule has 0 aliphatic carbocycles. The Balaban J connectivity index is 1.53. The van der Waals surface area contributed by atoms with Crippen molar-refractivity contribution < 1.29 is 9.90 Å². The molecule has 0 fully saturated rings. The number of carbonyl (C=O) groups excluding carboxylic acids is 1. The van der Waals surface area contributed by atoms with Gasteiger partial charge in [0.15, 0.2) is 5.65 Å². The number of pyridine rings is 1. The fraction of sp³-hybridized carbons (Fsp3) is 0.182. The molecule has 0 bridgehead atoms. The van der Waals surface area contributed by atoms with E-state index in [0.29, 0.717) is 24.6 Å². The summed E-state index contributed by atoms with van der Waals surface area (Å²) in [6, 6.07) is 13.9. The van der Waals surface area contributed by atoms with Gasteiger partial charge in [0.25, 0.3) is 5.91 Å². The predicted octanol–water partition coefficient (Wildman–Crippen LogP) is 2.26. The summed E-state index contributed by atoms with van der Waals surface area (Å²) >= 11 is 0.